The molecule has 0 saturated heterocycles. The first-order chi connectivity index (χ1) is 6.12. The van der Waals surface area contributed by atoms with Crippen LogP contribution in [0.2, 0.25) is 0 Å². The maximum absolute atomic E-state index is 3.49. The summed E-state index contributed by atoms with van der Waals surface area (Å²) in [5, 5.41) is 1.14. The Morgan fingerprint density at radius 2 is 1.54 bits per heavy atom. The summed E-state index contributed by atoms with van der Waals surface area (Å²) in [6.07, 6.45) is 6.84. The average molecular weight is 251 g/mol. The van der Waals surface area contributed by atoms with E-state index < -0.39 is 0 Å². The van der Waals surface area contributed by atoms with Crippen LogP contribution in [0, 0.1) is 0 Å². The van der Waals surface area contributed by atoms with Gasteiger partial charge < -0.3 is 4.48 Å². The third-order valence-corrected chi connectivity index (χ3v) is 3.07. The number of hydrogen-bond donors (Lipinski definition) is 0. The lowest BCUT2D eigenvalue weighted by atomic mass is 10.2. The molecule has 0 saturated carbocycles. The molecule has 13 heavy (non-hydrogen) atoms. The number of rotatable bonds is 8. The van der Waals surface area contributed by atoms with Crippen LogP contribution in [0.5, 0.6) is 0 Å². The van der Waals surface area contributed by atoms with Gasteiger partial charge in [-0.3, -0.25) is 0 Å². The van der Waals surface area contributed by atoms with E-state index >= 15 is 0 Å². The van der Waals surface area contributed by atoms with Gasteiger partial charge in [0, 0.05) is 11.8 Å². The molecule has 0 aliphatic rings. The van der Waals surface area contributed by atoms with E-state index in [1.54, 1.807) is 0 Å². The number of alkyl halides is 1. The van der Waals surface area contributed by atoms with Gasteiger partial charge in [0.25, 0.3) is 0 Å². The molecule has 1 nitrogen and oxygen atoms in total. The van der Waals surface area contributed by atoms with Gasteiger partial charge in [-0.1, -0.05) is 35.7 Å². The van der Waals surface area contributed by atoms with Crippen molar-refractivity contribution in [1.29, 1.82) is 0 Å². The Morgan fingerprint density at radius 1 is 0.923 bits per heavy atom. The third kappa shape index (κ3) is 8.76. The Balaban J connectivity index is 3.39. The highest BCUT2D eigenvalue weighted by Crippen LogP contribution is 2.06. The topological polar surface area (TPSA) is 0 Å². The summed E-state index contributed by atoms with van der Waals surface area (Å²) in [6, 6.07) is 0. The minimum Gasteiger partial charge on any atom is -0.328 e. The van der Waals surface area contributed by atoms with Gasteiger partial charge in [0.1, 0.15) is 0 Å². The Kier molecular flexibility index (Phi) is 8.07. The Bertz CT molecular complexity index is 113. The van der Waals surface area contributed by atoms with Gasteiger partial charge >= 0.3 is 0 Å². The molecule has 0 fully saturated rings. The molecule has 0 aromatic carbocycles. The van der Waals surface area contributed by atoms with Gasteiger partial charge in [-0.15, -0.1) is 0 Å². The second-order valence-corrected chi connectivity index (χ2v) is 5.28. The fourth-order valence-corrected chi connectivity index (χ4v) is 1.82. The van der Waals surface area contributed by atoms with E-state index in [0.717, 1.165) is 5.33 Å². The molecule has 2 heteroatoms. The normalized spacial score (nSPS) is 12.0. The lowest BCUT2D eigenvalue weighted by Crippen LogP contribution is -2.41. The maximum Gasteiger partial charge on any atom is 0.0790 e. The van der Waals surface area contributed by atoms with E-state index in [4.69, 9.17) is 0 Å². The Labute approximate surface area is 92.2 Å². The molecule has 0 heterocycles. The zero-order chi connectivity index (χ0) is 10.2. The van der Waals surface area contributed by atoms with Crippen molar-refractivity contribution in [1.82, 2.24) is 0 Å². The predicted molar refractivity (Wildman–Crippen MR) is 64.4 cm³/mol. The second kappa shape index (κ2) is 7.81. The molecule has 0 atom stereocenters. The van der Waals surface area contributed by atoms with Crippen LogP contribution in [0.1, 0.15) is 39.0 Å². The molecule has 0 amide bonds. The van der Waals surface area contributed by atoms with Crippen molar-refractivity contribution >= 4 is 15.9 Å². The first kappa shape index (κ1) is 13.4. The summed E-state index contributed by atoms with van der Waals surface area (Å²) < 4.78 is 1.19. The summed E-state index contributed by atoms with van der Waals surface area (Å²) >= 11 is 3.49. The molecule has 0 radical (unpaired) electrons. The lowest BCUT2D eigenvalue weighted by Gasteiger charge is -2.29. The average Bonchev–Trinajstić information content (AvgIpc) is 2.09. The highest BCUT2D eigenvalue weighted by molar-refractivity contribution is 9.09. The number of unbranched alkanes of at least 4 members (excludes halogenated alkanes) is 3. The van der Waals surface area contributed by atoms with E-state index in [9.17, 15) is 0 Å². The van der Waals surface area contributed by atoms with Crippen LogP contribution >= 0.6 is 15.9 Å². The van der Waals surface area contributed by atoms with Crippen LogP contribution < -0.4 is 0 Å². The molecule has 0 rings (SSSR count). The maximum atomic E-state index is 3.49. The van der Waals surface area contributed by atoms with Gasteiger partial charge in [-0.05, 0) is 12.8 Å². The van der Waals surface area contributed by atoms with Crippen LogP contribution in [0.15, 0.2) is 0 Å². The molecule has 0 spiro atoms. The summed E-state index contributed by atoms with van der Waals surface area (Å²) in [5.41, 5.74) is 0. The van der Waals surface area contributed by atoms with Crippen molar-refractivity contribution in [3.8, 4) is 0 Å². The van der Waals surface area contributed by atoms with Gasteiger partial charge in [-0.25, -0.2) is 0 Å². The summed E-state index contributed by atoms with van der Waals surface area (Å²) in [7, 11) is 4.68. The monoisotopic (exact) mass is 250 g/mol. The number of hydrogen-bond acceptors (Lipinski definition) is 0. The summed E-state index contributed by atoms with van der Waals surface area (Å²) in [4.78, 5) is 0. The molecule has 0 N–H and O–H groups in total. The molecule has 80 valence electrons. The molecule has 0 aliphatic heterocycles. The summed E-state index contributed by atoms with van der Waals surface area (Å²) in [6.45, 7) is 4.91. The third-order valence-electron chi connectivity index (χ3n) is 2.51. The smallest absolute Gasteiger partial charge is 0.0790 e. The molecule has 0 bridgehead atoms. The minimum absolute atomic E-state index is 1.14. The van der Waals surface area contributed by atoms with Gasteiger partial charge in [0.2, 0.25) is 0 Å². The summed E-state index contributed by atoms with van der Waals surface area (Å²) in [5.74, 6) is 0. The first-order valence-electron chi connectivity index (χ1n) is 5.50. The molecule has 0 aromatic rings. The standard InChI is InChI=1S/C11H25BrN/c1-4-5-6-7-10-13(2,3)11-8-9-12/h4-11H2,1-3H3/q+1. The minimum atomic E-state index is 1.14. The van der Waals surface area contributed by atoms with Crippen LogP contribution in [0.3, 0.4) is 0 Å². The quantitative estimate of drug-likeness (QED) is 0.352. The molecule has 0 aromatic heterocycles. The van der Waals surface area contributed by atoms with Crippen LogP contribution in [0.4, 0.5) is 0 Å². The fraction of sp³-hybridized carbons (Fsp3) is 1.00. The van der Waals surface area contributed by atoms with Gasteiger partial charge in [0.15, 0.2) is 0 Å². The zero-order valence-corrected chi connectivity index (χ0v) is 11.1. The van der Waals surface area contributed by atoms with Gasteiger partial charge in [-0.2, -0.15) is 0 Å². The van der Waals surface area contributed by atoms with Crippen molar-refractivity contribution in [2.24, 2.45) is 0 Å². The number of halogens is 1. The van der Waals surface area contributed by atoms with Crippen molar-refractivity contribution in [2.45, 2.75) is 39.0 Å². The first-order valence-corrected chi connectivity index (χ1v) is 6.62. The number of quaternary nitrogens is 1. The number of nitrogens with zero attached hydrogens (tertiary/aromatic N) is 1. The Hall–Kier alpha value is 0.440. The molecule has 0 unspecified atom stereocenters. The Morgan fingerprint density at radius 3 is 2.08 bits per heavy atom. The van der Waals surface area contributed by atoms with Crippen LogP contribution in [-0.2, 0) is 0 Å². The van der Waals surface area contributed by atoms with Crippen molar-refractivity contribution < 1.29 is 4.48 Å². The SMILES string of the molecule is CCCCCC[N+](C)(C)CCCBr. The highest BCUT2D eigenvalue weighted by atomic mass is 79.9. The van der Waals surface area contributed by atoms with Crippen molar-refractivity contribution in [3.05, 3.63) is 0 Å². The predicted octanol–water partition coefficient (Wildman–Crippen LogP) is 3.43. The van der Waals surface area contributed by atoms with E-state index in [1.807, 2.05) is 0 Å². The second-order valence-electron chi connectivity index (χ2n) is 4.49. The van der Waals surface area contributed by atoms with Crippen LogP contribution in [0.25, 0.3) is 0 Å². The molecule has 0 aliphatic carbocycles. The lowest BCUT2D eigenvalue weighted by molar-refractivity contribution is -0.890. The van der Waals surface area contributed by atoms with E-state index in [0.29, 0.717) is 0 Å². The molecular formula is C11H25BrN+. The van der Waals surface area contributed by atoms with E-state index in [1.165, 1.54) is 49.7 Å². The van der Waals surface area contributed by atoms with E-state index in [2.05, 4.69) is 36.9 Å². The van der Waals surface area contributed by atoms with Crippen molar-refractivity contribution in [3.63, 3.8) is 0 Å². The fourth-order valence-electron chi connectivity index (χ4n) is 1.57. The highest BCUT2D eigenvalue weighted by Gasteiger charge is 2.12. The van der Waals surface area contributed by atoms with Crippen LogP contribution in [-0.4, -0.2) is 37.0 Å². The largest absolute Gasteiger partial charge is 0.328 e. The van der Waals surface area contributed by atoms with E-state index in [-0.39, 0.29) is 0 Å². The van der Waals surface area contributed by atoms with Crippen molar-refractivity contribution in [2.75, 3.05) is 32.5 Å². The van der Waals surface area contributed by atoms with Gasteiger partial charge in [0.05, 0.1) is 27.2 Å². The molecular weight excluding hydrogens is 226 g/mol. The zero-order valence-electron chi connectivity index (χ0n) is 9.48.